The van der Waals surface area contributed by atoms with E-state index in [1.165, 1.54) is 12.8 Å². The zero-order valence-corrected chi connectivity index (χ0v) is 14.4. The quantitative estimate of drug-likeness (QED) is 0.495. The van der Waals surface area contributed by atoms with Gasteiger partial charge < -0.3 is 0 Å². The van der Waals surface area contributed by atoms with Gasteiger partial charge >= 0.3 is 0 Å². The Labute approximate surface area is 128 Å². The average molecular weight is 317 g/mol. The topological polar surface area (TPSA) is 0 Å². The molecule has 0 saturated heterocycles. The summed E-state index contributed by atoms with van der Waals surface area (Å²) in [5.41, 5.74) is 0. The fourth-order valence-corrected chi connectivity index (χ4v) is 8.03. The van der Waals surface area contributed by atoms with Gasteiger partial charge in [-0.2, -0.15) is 22.2 Å². The van der Waals surface area contributed by atoms with Crippen LogP contribution in [-0.2, 0) is 0 Å². The van der Waals surface area contributed by atoms with Gasteiger partial charge in [0, 0.05) is 0 Å². The highest BCUT2D eigenvalue weighted by molar-refractivity contribution is 7.33. The van der Waals surface area contributed by atoms with Gasteiger partial charge in [-0.15, -0.1) is 0 Å². The van der Waals surface area contributed by atoms with Crippen LogP contribution in [0.3, 0.4) is 0 Å². The second-order valence-electron chi connectivity index (χ2n) is 7.88. The van der Waals surface area contributed by atoms with Gasteiger partial charge in [0.15, 0.2) is 0 Å². The van der Waals surface area contributed by atoms with Crippen molar-refractivity contribution in [1.82, 2.24) is 0 Å². The molecule has 0 heterocycles. The maximum absolute atomic E-state index is 6.13. The molecule has 0 spiro atoms. The van der Waals surface area contributed by atoms with Crippen molar-refractivity contribution in [2.24, 2.45) is 41.4 Å². The zero-order valence-electron chi connectivity index (χ0n) is 11.7. The summed E-state index contributed by atoms with van der Waals surface area (Å²) in [7, 11) is -1.38. The molecule has 7 unspecified atom stereocenters. The predicted octanol–water partition coefficient (Wildman–Crippen LogP) is 5.17. The van der Waals surface area contributed by atoms with Crippen LogP contribution in [0.25, 0.3) is 0 Å². The van der Waals surface area contributed by atoms with E-state index >= 15 is 0 Å². The van der Waals surface area contributed by atoms with E-state index in [2.05, 4.69) is 0 Å². The number of halogens is 2. The SMILES string of the molecule is Cl[SiH](Cl)CCC1C2CCC(C2)C1C1CC2CCC1C2. The molecule has 3 heteroatoms. The van der Waals surface area contributed by atoms with Crippen LogP contribution in [0.4, 0.5) is 0 Å². The van der Waals surface area contributed by atoms with E-state index in [9.17, 15) is 0 Å². The van der Waals surface area contributed by atoms with Crippen molar-refractivity contribution in [3.05, 3.63) is 0 Å². The van der Waals surface area contributed by atoms with Crippen molar-refractivity contribution in [2.75, 3.05) is 0 Å². The molecule has 4 fully saturated rings. The first kappa shape index (κ1) is 13.5. The second-order valence-corrected chi connectivity index (χ2v) is 13.1. The fraction of sp³-hybridized carbons (Fsp3) is 1.00. The Kier molecular flexibility index (Phi) is 3.69. The molecule has 4 bridgehead atoms. The number of rotatable bonds is 4. The maximum Gasteiger partial charge on any atom is 0.237 e. The molecular formula is C16H26Cl2Si. The Morgan fingerprint density at radius 2 is 1.63 bits per heavy atom. The summed E-state index contributed by atoms with van der Waals surface area (Å²) in [6.07, 6.45) is 12.2. The van der Waals surface area contributed by atoms with Crippen LogP contribution >= 0.6 is 22.2 Å². The maximum atomic E-state index is 6.13. The van der Waals surface area contributed by atoms with Crippen LogP contribution in [0.5, 0.6) is 0 Å². The lowest BCUT2D eigenvalue weighted by molar-refractivity contribution is 0.103. The summed E-state index contributed by atoms with van der Waals surface area (Å²) < 4.78 is 0. The number of fused-ring (bicyclic) bond motifs is 4. The van der Waals surface area contributed by atoms with Crippen molar-refractivity contribution >= 4 is 29.6 Å². The molecule has 0 aliphatic heterocycles. The fourth-order valence-electron chi connectivity index (χ4n) is 6.63. The van der Waals surface area contributed by atoms with Crippen LogP contribution in [0.2, 0.25) is 6.04 Å². The Balaban J connectivity index is 1.49. The summed E-state index contributed by atoms with van der Waals surface area (Å²) in [5, 5.41) is 0. The third-order valence-corrected chi connectivity index (χ3v) is 9.24. The summed E-state index contributed by atoms with van der Waals surface area (Å²) in [4.78, 5) is 0. The Hall–Kier alpha value is 0.797. The molecule has 7 atom stereocenters. The number of hydrogen-bond acceptors (Lipinski definition) is 0. The summed E-state index contributed by atoms with van der Waals surface area (Å²) in [6, 6.07) is 1.16. The van der Waals surface area contributed by atoms with Gasteiger partial charge in [0.25, 0.3) is 0 Å². The average Bonchev–Trinajstić information content (AvgIpc) is 3.13. The van der Waals surface area contributed by atoms with Gasteiger partial charge in [0.1, 0.15) is 0 Å². The minimum absolute atomic E-state index is 1.01. The van der Waals surface area contributed by atoms with E-state index in [4.69, 9.17) is 22.2 Å². The zero-order chi connectivity index (χ0) is 13.0. The van der Waals surface area contributed by atoms with E-state index < -0.39 is 7.42 Å². The smallest absolute Gasteiger partial charge is 0.150 e. The largest absolute Gasteiger partial charge is 0.237 e. The van der Waals surface area contributed by atoms with E-state index in [-0.39, 0.29) is 0 Å². The molecule has 0 nitrogen and oxygen atoms in total. The molecule has 0 aromatic rings. The van der Waals surface area contributed by atoms with Gasteiger partial charge in [-0.3, -0.25) is 0 Å². The highest BCUT2D eigenvalue weighted by Crippen LogP contribution is 2.62. The van der Waals surface area contributed by atoms with Gasteiger partial charge in [-0.05, 0) is 86.0 Å². The first-order chi connectivity index (χ1) is 9.22. The molecule has 0 N–H and O–H groups in total. The van der Waals surface area contributed by atoms with Crippen LogP contribution in [0.1, 0.15) is 51.4 Å². The molecule has 4 aliphatic rings. The molecule has 0 amide bonds. The van der Waals surface area contributed by atoms with E-state index in [0.29, 0.717) is 0 Å². The molecular weight excluding hydrogens is 291 g/mol. The molecule has 4 saturated carbocycles. The molecule has 108 valence electrons. The lowest BCUT2D eigenvalue weighted by Gasteiger charge is -2.39. The monoisotopic (exact) mass is 316 g/mol. The van der Waals surface area contributed by atoms with Crippen molar-refractivity contribution in [2.45, 2.75) is 57.4 Å². The molecule has 0 radical (unpaired) electrons. The summed E-state index contributed by atoms with van der Waals surface area (Å²) in [5.74, 6) is 7.55. The van der Waals surface area contributed by atoms with Gasteiger partial charge in [0.05, 0.1) is 0 Å². The summed E-state index contributed by atoms with van der Waals surface area (Å²) >= 11 is 12.3. The minimum Gasteiger partial charge on any atom is -0.150 e. The second kappa shape index (κ2) is 5.21. The van der Waals surface area contributed by atoms with Crippen LogP contribution < -0.4 is 0 Å². The van der Waals surface area contributed by atoms with Crippen molar-refractivity contribution in [3.8, 4) is 0 Å². The van der Waals surface area contributed by atoms with Gasteiger partial charge in [-0.1, -0.05) is 12.8 Å². The highest BCUT2D eigenvalue weighted by atomic mass is 35.7. The van der Waals surface area contributed by atoms with Crippen LogP contribution in [-0.4, -0.2) is 7.42 Å². The van der Waals surface area contributed by atoms with Crippen molar-refractivity contribution in [3.63, 3.8) is 0 Å². The molecule has 0 aromatic heterocycles. The molecule has 19 heavy (non-hydrogen) atoms. The predicted molar refractivity (Wildman–Crippen MR) is 85.0 cm³/mol. The van der Waals surface area contributed by atoms with Crippen molar-refractivity contribution in [1.29, 1.82) is 0 Å². The minimum atomic E-state index is -1.38. The van der Waals surface area contributed by atoms with E-state index in [1.54, 1.807) is 38.5 Å². The third-order valence-electron chi connectivity index (χ3n) is 7.16. The van der Waals surface area contributed by atoms with E-state index in [0.717, 1.165) is 47.5 Å². The summed E-state index contributed by atoms with van der Waals surface area (Å²) in [6.45, 7) is 0. The van der Waals surface area contributed by atoms with Gasteiger partial charge in [0.2, 0.25) is 7.42 Å². The lowest BCUT2D eigenvalue weighted by Crippen LogP contribution is -2.32. The van der Waals surface area contributed by atoms with E-state index in [1.807, 2.05) is 0 Å². The standard InChI is InChI=1S/C16H26Cl2Si/c17-19(18)6-5-14-12-3-4-13(9-12)16(14)15-8-10-1-2-11(15)7-10/h10-16,19H,1-9H2. The third kappa shape index (κ3) is 2.32. The Bertz CT molecular complexity index is 346. The molecule has 0 aromatic carbocycles. The Morgan fingerprint density at radius 3 is 2.32 bits per heavy atom. The normalized spacial score (nSPS) is 51.6. The van der Waals surface area contributed by atoms with Crippen LogP contribution in [0.15, 0.2) is 0 Å². The highest BCUT2D eigenvalue weighted by Gasteiger charge is 2.54. The first-order valence-corrected chi connectivity index (χ1v) is 12.8. The number of hydrogen-bond donors (Lipinski definition) is 0. The van der Waals surface area contributed by atoms with Gasteiger partial charge in [-0.25, -0.2) is 0 Å². The lowest BCUT2D eigenvalue weighted by atomic mass is 9.66. The molecule has 4 aliphatic carbocycles. The molecule has 4 rings (SSSR count). The van der Waals surface area contributed by atoms with Crippen molar-refractivity contribution < 1.29 is 0 Å². The van der Waals surface area contributed by atoms with Crippen LogP contribution in [0, 0.1) is 41.4 Å². The Morgan fingerprint density at radius 1 is 0.842 bits per heavy atom. The first-order valence-electron chi connectivity index (χ1n) is 8.50.